The Hall–Kier alpha value is -2.41. The van der Waals surface area contributed by atoms with E-state index in [4.69, 9.17) is 16.3 Å². The van der Waals surface area contributed by atoms with E-state index >= 15 is 0 Å². The SMILES string of the molecule is C=O.CC(C)(c1ccc(O)cc1)c1ccc(O)cc1.NCCCCCNCCCCCN. The molecule has 0 amide bonds. The summed E-state index contributed by atoms with van der Waals surface area (Å²) in [6, 6.07) is 14.4. The highest BCUT2D eigenvalue weighted by Crippen LogP contribution is 2.32. The molecule has 0 radical (unpaired) electrons. The van der Waals surface area contributed by atoms with Gasteiger partial charge in [0.2, 0.25) is 0 Å². The van der Waals surface area contributed by atoms with Crippen LogP contribution >= 0.6 is 0 Å². The largest absolute Gasteiger partial charge is 0.508 e. The maximum atomic E-state index is 9.30. The van der Waals surface area contributed by atoms with E-state index in [1.54, 1.807) is 24.3 Å². The van der Waals surface area contributed by atoms with Gasteiger partial charge in [-0.3, -0.25) is 0 Å². The van der Waals surface area contributed by atoms with E-state index in [-0.39, 0.29) is 16.9 Å². The molecule has 180 valence electrons. The van der Waals surface area contributed by atoms with Crippen molar-refractivity contribution in [1.29, 1.82) is 0 Å². The van der Waals surface area contributed by atoms with Gasteiger partial charge in [0, 0.05) is 5.41 Å². The quantitative estimate of drug-likeness (QED) is 0.314. The van der Waals surface area contributed by atoms with Crippen molar-refractivity contribution in [2.24, 2.45) is 11.5 Å². The molecular weight excluding hydrogens is 402 g/mol. The van der Waals surface area contributed by atoms with Crippen molar-refractivity contribution in [3.05, 3.63) is 59.7 Å². The molecule has 0 spiro atoms. The second kappa shape index (κ2) is 18.2. The van der Waals surface area contributed by atoms with Gasteiger partial charge in [-0.25, -0.2) is 0 Å². The lowest BCUT2D eigenvalue weighted by atomic mass is 9.78. The van der Waals surface area contributed by atoms with Crippen LogP contribution in [0.5, 0.6) is 11.5 Å². The number of aromatic hydroxyl groups is 2. The Morgan fingerprint density at radius 2 is 1.03 bits per heavy atom. The van der Waals surface area contributed by atoms with Crippen LogP contribution in [0.1, 0.15) is 63.5 Å². The van der Waals surface area contributed by atoms with Gasteiger partial charge in [0.15, 0.2) is 0 Å². The number of rotatable bonds is 12. The zero-order valence-electron chi connectivity index (χ0n) is 19.9. The fourth-order valence-electron chi connectivity index (χ4n) is 3.19. The molecule has 2 aromatic rings. The molecule has 2 aromatic carbocycles. The van der Waals surface area contributed by atoms with Crippen molar-refractivity contribution in [3.63, 3.8) is 0 Å². The van der Waals surface area contributed by atoms with Gasteiger partial charge in [0.1, 0.15) is 18.3 Å². The summed E-state index contributed by atoms with van der Waals surface area (Å²) in [6.45, 7) is 10.2. The van der Waals surface area contributed by atoms with E-state index in [0.717, 1.165) is 50.1 Å². The van der Waals surface area contributed by atoms with Crippen LogP contribution in [0.3, 0.4) is 0 Å². The molecule has 6 heteroatoms. The summed E-state index contributed by atoms with van der Waals surface area (Å²) in [5, 5.41) is 22.0. The first-order chi connectivity index (χ1) is 15.4. The van der Waals surface area contributed by atoms with Gasteiger partial charge >= 0.3 is 0 Å². The first-order valence-electron chi connectivity index (χ1n) is 11.4. The number of hydrogen-bond acceptors (Lipinski definition) is 6. The third-order valence-corrected chi connectivity index (χ3v) is 5.29. The number of nitrogens with one attached hydrogen (secondary N) is 1. The zero-order chi connectivity index (χ0) is 24.2. The fourth-order valence-corrected chi connectivity index (χ4v) is 3.19. The minimum atomic E-state index is -0.151. The average molecular weight is 446 g/mol. The van der Waals surface area contributed by atoms with Crippen LogP contribution in [0.15, 0.2) is 48.5 Å². The van der Waals surface area contributed by atoms with E-state index in [1.165, 1.54) is 25.7 Å². The van der Waals surface area contributed by atoms with Crippen molar-refractivity contribution in [3.8, 4) is 11.5 Å². The fraction of sp³-hybridized carbons (Fsp3) is 0.500. The topological polar surface area (TPSA) is 122 Å². The summed E-state index contributed by atoms with van der Waals surface area (Å²) < 4.78 is 0. The van der Waals surface area contributed by atoms with Crippen molar-refractivity contribution in [2.75, 3.05) is 26.2 Å². The minimum absolute atomic E-state index is 0.151. The zero-order valence-corrected chi connectivity index (χ0v) is 19.9. The molecule has 7 N–H and O–H groups in total. The highest BCUT2D eigenvalue weighted by Gasteiger charge is 2.22. The Kier molecular flexibility index (Phi) is 16.8. The Labute approximate surface area is 194 Å². The van der Waals surface area contributed by atoms with Crippen molar-refractivity contribution >= 4 is 6.79 Å². The van der Waals surface area contributed by atoms with Gasteiger partial charge in [-0.2, -0.15) is 0 Å². The molecule has 32 heavy (non-hydrogen) atoms. The number of unbranched alkanes of at least 4 members (excludes halogenated alkanes) is 4. The predicted molar refractivity (Wildman–Crippen MR) is 134 cm³/mol. The van der Waals surface area contributed by atoms with Gasteiger partial charge in [0.25, 0.3) is 0 Å². The molecule has 0 aromatic heterocycles. The maximum Gasteiger partial charge on any atom is 0.115 e. The molecule has 0 atom stereocenters. The van der Waals surface area contributed by atoms with Crippen LogP contribution in [0, 0.1) is 0 Å². The van der Waals surface area contributed by atoms with E-state index in [1.807, 2.05) is 31.1 Å². The highest BCUT2D eigenvalue weighted by atomic mass is 16.3. The molecule has 2 rings (SSSR count). The van der Waals surface area contributed by atoms with Crippen LogP contribution in [0.4, 0.5) is 0 Å². The molecule has 0 unspecified atom stereocenters. The Morgan fingerprint density at radius 3 is 1.34 bits per heavy atom. The van der Waals surface area contributed by atoms with E-state index in [9.17, 15) is 10.2 Å². The molecule has 0 bridgehead atoms. The third-order valence-electron chi connectivity index (χ3n) is 5.29. The summed E-state index contributed by atoms with van der Waals surface area (Å²) >= 11 is 0. The molecule has 0 saturated heterocycles. The first kappa shape index (κ1) is 29.6. The number of carbonyl (C=O) groups is 1. The maximum absolute atomic E-state index is 9.30. The van der Waals surface area contributed by atoms with Gasteiger partial charge in [0.05, 0.1) is 0 Å². The average Bonchev–Trinajstić information content (AvgIpc) is 2.80. The lowest BCUT2D eigenvalue weighted by Gasteiger charge is -2.26. The third kappa shape index (κ3) is 12.4. The van der Waals surface area contributed by atoms with Crippen molar-refractivity contribution in [2.45, 2.75) is 57.8 Å². The Morgan fingerprint density at radius 1 is 0.688 bits per heavy atom. The molecule has 0 aliphatic rings. The Balaban J connectivity index is 0.000000578. The number of benzene rings is 2. The summed E-state index contributed by atoms with van der Waals surface area (Å²) in [7, 11) is 0. The van der Waals surface area contributed by atoms with Crippen LogP contribution in [0.25, 0.3) is 0 Å². The highest BCUT2D eigenvalue weighted by molar-refractivity contribution is 5.41. The predicted octanol–water partition coefficient (Wildman–Crippen LogP) is 4.07. The molecule has 0 saturated carbocycles. The van der Waals surface area contributed by atoms with E-state index < -0.39 is 0 Å². The molecule has 6 nitrogen and oxygen atoms in total. The standard InChI is InChI=1S/C15H16O2.C10H25N3.CH2O/c1-15(2,11-3-7-13(16)8-4-11)12-5-9-14(17)10-6-12;11-7-3-1-5-9-13-10-6-2-4-8-12;1-2/h3-10,16-17H,1-2H3;13H,1-12H2;1H2. The molecule has 0 fully saturated rings. The smallest absolute Gasteiger partial charge is 0.115 e. The second-order valence-electron chi connectivity index (χ2n) is 8.17. The van der Waals surface area contributed by atoms with Crippen LogP contribution in [-0.2, 0) is 10.2 Å². The Bertz CT molecular complexity index is 631. The number of carbonyl (C=O) groups excluding carboxylic acids is 1. The summed E-state index contributed by atoms with van der Waals surface area (Å²) in [5.74, 6) is 0.547. The normalized spacial score (nSPS) is 10.5. The lowest BCUT2D eigenvalue weighted by Crippen LogP contribution is -2.18. The molecule has 0 aliphatic carbocycles. The van der Waals surface area contributed by atoms with Gasteiger partial charge in [-0.1, -0.05) is 51.0 Å². The minimum Gasteiger partial charge on any atom is -0.508 e. The van der Waals surface area contributed by atoms with E-state index in [0.29, 0.717) is 0 Å². The number of phenolic OH excluding ortho intramolecular Hbond substituents is 2. The molecule has 0 heterocycles. The molecular formula is C26H43N3O3. The van der Waals surface area contributed by atoms with Crippen LogP contribution in [0.2, 0.25) is 0 Å². The van der Waals surface area contributed by atoms with Crippen molar-refractivity contribution < 1.29 is 15.0 Å². The van der Waals surface area contributed by atoms with Crippen molar-refractivity contribution in [1.82, 2.24) is 5.32 Å². The molecule has 0 aliphatic heterocycles. The van der Waals surface area contributed by atoms with Gasteiger partial charge in [-0.05, 0) is 87.3 Å². The lowest BCUT2D eigenvalue weighted by molar-refractivity contribution is -0.0980. The number of hydrogen-bond donors (Lipinski definition) is 5. The number of phenols is 2. The van der Waals surface area contributed by atoms with Gasteiger partial charge < -0.3 is 31.8 Å². The summed E-state index contributed by atoms with van der Waals surface area (Å²) in [5.41, 5.74) is 12.9. The summed E-state index contributed by atoms with van der Waals surface area (Å²) in [4.78, 5) is 8.00. The van der Waals surface area contributed by atoms with Gasteiger partial charge in [-0.15, -0.1) is 0 Å². The first-order valence-corrected chi connectivity index (χ1v) is 11.4. The second-order valence-corrected chi connectivity index (χ2v) is 8.17. The van der Waals surface area contributed by atoms with Crippen LogP contribution in [-0.4, -0.2) is 43.2 Å². The number of nitrogens with two attached hydrogens (primary N) is 2. The van der Waals surface area contributed by atoms with E-state index in [2.05, 4.69) is 19.2 Å². The van der Waals surface area contributed by atoms with Crippen LogP contribution < -0.4 is 16.8 Å². The monoisotopic (exact) mass is 445 g/mol. The summed E-state index contributed by atoms with van der Waals surface area (Å²) in [6.07, 6.45) is 7.35.